The fourth-order valence-corrected chi connectivity index (χ4v) is 3.93. The van der Waals surface area contributed by atoms with Crippen LogP contribution in [0.2, 0.25) is 0 Å². The molecule has 1 fully saturated rings. The summed E-state index contributed by atoms with van der Waals surface area (Å²) in [4.78, 5) is 16.2. The van der Waals surface area contributed by atoms with Crippen molar-refractivity contribution in [2.75, 3.05) is 7.11 Å². The largest absolute Gasteiger partial charge is 0.497 e. The minimum atomic E-state index is 0.0677. The zero-order valence-corrected chi connectivity index (χ0v) is 16.6. The lowest BCUT2D eigenvalue weighted by atomic mass is 10.2. The molecule has 2 aromatic heterocycles. The predicted octanol–water partition coefficient (Wildman–Crippen LogP) is 3.87. The summed E-state index contributed by atoms with van der Waals surface area (Å²) in [6, 6.07) is 12.0. The van der Waals surface area contributed by atoms with Crippen LogP contribution in [0.15, 0.2) is 41.8 Å². The van der Waals surface area contributed by atoms with Crippen molar-refractivity contribution in [3.8, 4) is 17.1 Å². The van der Waals surface area contributed by atoms with Crippen LogP contribution in [-0.4, -0.2) is 38.7 Å². The van der Waals surface area contributed by atoms with E-state index >= 15 is 0 Å². The number of aromatic nitrogens is 3. The Hall–Kier alpha value is -2.45. The number of rotatable bonds is 7. The molecule has 1 aromatic carbocycles. The van der Waals surface area contributed by atoms with E-state index in [-0.39, 0.29) is 12.5 Å². The van der Waals surface area contributed by atoms with Crippen molar-refractivity contribution >= 4 is 29.5 Å². The van der Waals surface area contributed by atoms with Crippen molar-refractivity contribution in [1.82, 2.24) is 19.7 Å². The summed E-state index contributed by atoms with van der Waals surface area (Å²) in [5, 5.41) is 9.18. The van der Waals surface area contributed by atoms with Crippen molar-refractivity contribution in [3.63, 3.8) is 0 Å². The third kappa shape index (κ3) is 3.96. The smallest absolute Gasteiger partial charge is 0.243 e. The molecule has 140 valence electrons. The molecular weight excluding hydrogens is 380 g/mol. The highest BCUT2D eigenvalue weighted by atomic mass is 32.1. The molecule has 0 bridgehead atoms. The van der Waals surface area contributed by atoms with E-state index in [4.69, 9.17) is 17.0 Å². The quantitative estimate of drug-likeness (QED) is 0.612. The lowest BCUT2D eigenvalue weighted by Gasteiger charge is -2.22. The number of hydrogen-bond donors (Lipinski definition) is 1. The van der Waals surface area contributed by atoms with Crippen molar-refractivity contribution in [3.05, 3.63) is 51.4 Å². The molecule has 0 radical (unpaired) electrons. The van der Waals surface area contributed by atoms with E-state index in [1.165, 1.54) is 4.88 Å². The number of ether oxygens (including phenoxy) is 1. The van der Waals surface area contributed by atoms with Crippen LogP contribution in [0.25, 0.3) is 11.4 Å². The lowest BCUT2D eigenvalue weighted by Crippen LogP contribution is -2.35. The third-order valence-electron chi connectivity index (χ3n) is 4.61. The van der Waals surface area contributed by atoms with Crippen LogP contribution in [0.3, 0.4) is 0 Å². The molecule has 1 aliphatic carbocycles. The first kappa shape index (κ1) is 17.9. The molecule has 0 atom stereocenters. The van der Waals surface area contributed by atoms with Crippen LogP contribution < -0.4 is 4.74 Å². The van der Waals surface area contributed by atoms with E-state index in [0.717, 1.165) is 24.2 Å². The van der Waals surface area contributed by atoms with E-state index in [0.29, 0.717) is 23.2 Å². The fourth-order valence-electron chi connectivity index (χ4n) is 3.03. The van der Waals surface area contributed by atoms with Gasteiger partial charge in [0.1, 0.15) is 12.3 Å². The third-order valence-corrected chi connectivity index (χ3v) is 5.79. The van der Waals surface area contributed by atoms with E-state index in [1.54, 1.807) is 23.0 Å². The van der Waals surface area contributed by atoms with E-state index in [9.17, 15) is 4.79 Å². The van der Waals surface area contributed by atoms with E-state index < -0.39 is 0 Å². The maximum atomic E-state index is 13.1. The number of hydrogen-bond acceptors (Lipinski definition) is 5. The molecule has 0 aliphatic heterocycles. The zero-order valence-electron chi connectivity index (χ0n) is 14.9. The van der Waals surface area contributed by atoms with Gasteiger partial charge in [-0.1, -0.05) is 6.07 Å². The number of carbonyl (C=O) groups is 1. The Morgan fingerprint density at radius 1 is 1.37 bits per heavy atom. The van der Waals surface area contributed by atoms with E-state index in [2.05, 4.69) is 16.3 Å². The Labute approximate surface area is 166 Å². The van der Waals surface area contributed by atoms with Gasteiger partial charge in [0.2, 0.25) is 5.91 Å². The van der Waals surface area contributed by atoms with Gasteiger partial charge in [0, 0.05) is 16.5 Å². The van der Waals surface area contributed by atoms with Crippen LogP contribution >= 0.6 is 23.6 Å². The molecule has 27 heavy (non-hydrogen) atoms. The van der Waals surface area contributed by atoms with Crippen LogP contribution in [0.5, 0.6) is 5.75 Å². The number of nitrogens with zero attached hydrogens (tertiary/aromatic N) is 3. The van der Waals surface area contributed by atoms with Gasteiger partial charge in [0.25, 0.3) is 0 Å². The van der Waals surface area contributed by atoms with Crippen LogP contribution in [0.1, 0.15) is 17.7 Å². The number of aromatic amines is 1. The average Bonchev–Trinajstić information content (AvgIpc) is 3.28. The molecule has 6 nitrogen and oxygen atoms in total. The SMILES string of the molecule is COc1ccc(-c2n[nH]c(=S)n2CC(=O)N(Cc2cccs2)C2CC2)cc1. The van der Waals surface area contributed by atoms with Gasteiger partial charge in [-0.3, -0.25) is 14.5 Å². The number of H-pyrrole nitrogens is 1. The van der Waals surface area contributed by atoms with Gasteiger partial charge >= 0.3 is 0 Å². The minimum Gasteiger partial charge on any atom is -0.497 e. The second-order valence-corrected chi connectivity index (χ2v) is 7.92. The average molecular weight is 401 g/mol. The number of amides is 1. The molecule has 8 heteroatoms. The minimum absolute atomic E-state index is 0.0677. The Morgan fingerprint density at radius 3 is 2.78 bits per heavy atom. The van der Waals surface area contributed by atoms with Crippen molar-refractivity contribution < 1.29 is 9.53 Å². The van der Waals surface area contributed by atoms with Crippen molar-refractivity contribution in [2.24, 2.45) is 0 Å². The summed E-state index contributed by atoms with van der Waals surface area (Å²) >= 11 is 7.05. The molecule has 1 amide bonds. The Kier molecular flexibility index (Phi) is 5.09. The van der Waals surface area contributed by atoms with Crippen LogP contribution in [-0.2, 0) is 17.9 Å². The van der Waals surface area contributed by atoms with Gasteiger partial charge in [-0.05, 0) is 60.8 Å². The maximum Gasteiger partial charge on any atom is 0.243 e. The summed E-state index contributed by atoms with van der Waals surface area (Å²) in [5.74, 6) is 1.49. The molecule has 0 spiro atoms. The predicted molar refractivity (Wildman–Crippen MR) is 107 cm³/mol. The zero-order chi connectivity index (χ0) is 18.8. The molecule has 0 saturated heterocycles. The van der Waals surface area contributed by atoms with Gasteiger partial charge in [-0.25, -0.2) is 0 Å². The molecule has 1 N–H and O–H groups in total. The molecular formula is C19H20N4O2S2. The monoisotopic (exact) mass is 400 g/mol. The van der Waals surface area contributed by atoms with Gasteiger partial charge in [0.05, 0.1) is 13.7 Å². The fraction of sp³-hybridized carbons (Fsp3) is 0.316. The van der Waals surface area contributed by atoms with Gasteiger partial charge in [0.15, 0.2) is 10.6 Å². The van der Waals surface area contributed by atoms with Gasteiger partial charge in [-0.2, -0.15) is 5.10 Å². The molecule has 3 aromatic rings. The Balaban J connectivity index is 1.57. The molecule has 2 heterocycles. The lowest BCUT2D eigenvalue weighted by molar-refractivity contribution is -0.133. The number of benzene rings is 1. The highest BCUT2D eigenvalue weighted by Crippen LogP contribution is 2.30. The summed E-state index contributed by atoms with van der Waals surface area (Å²) in [5.41, 5.74) is 0.882. The summed E-state index contributed by atoms with van der Waals surface area (Å²) in [6.07, 6.45) is 2.14. The van der Waals surface area contributed by atoms with Gasteiger partial charge in [-0.15, -0.1) is 11.3 Å². The first-order valence-corrected chi connectivity index (χ1v) is 10.1. The second kappa shape index (κ2) is 7.66. The molecule has 4 rings (SSSR count). The molecule has 1 saturated carbocycles. The highest BCUT2D eigenvalue weighted by Gasteiger charge is 2.33. The first-order chi connectivity index (χ1) is 13.2. The topological polar surface area (TPSA) is 63.1 Å². The Morgan fingerprint density at radius 2 is 2.15 bits per heavy atom. The maximum absolute atomic E-state index is 13.1. The summed E-state index contributed by atoms with van der Waals surface area (Å²) in [7, 11) is 1.63. The highest BCUT2D eigenvalue weighted by molar-refractivity contribution is 7.71. The number of thiophene rings is 1. The van der Waals surface area contributed by atoms with E-state index in [1.807, 2.05) is 40.6 Å². The van der Waals surface area contributed by atoms with Crippen LogP contribution in [0.4, 0.5) is 0 Å². The first-order valence-electron chi connectivity index (χ1n) is 8.77. The van der Waals surface area contributed by atoms with Crippen molar-refractivity contribution in [1.29, 1.82) is 0 Å². The van der Waals surface area contributed by atoms with Crippen molar-refractivity contribution in [2.45, 2.75) is 32.0 Å². The van der Waals surface area contributed by atoms with Gasteiger partial charge < -0.3 is 9.64 Å². The summed E-state index contributed by atoms with van der Waals surface area (Å²) < 4.78 is 7.42. The summed E-state index contributed by atoms with van der Waals surface area (Å²) in [6.45, 7) is 0.836. The number of methoxy groups -OCH3 is 1. The number of nitrogens with one attached hydrogen (secondary N) is 1. The number of carbonyl (C=O) groups excluding carboxylic acids is 1. The second-order valence-electron chi connectivity index (χ2n) is 6.50. The Bertz CT molecular complexity index is 972. The van der Waals surface area contributed by atoms with Crippen LogP contribution in [0, 0.1) is 4.77 Å². The standard InChI is InChI=1S/C19H20N4O2S2/c1-25-15-8-4-13(5-9-15)18-20-21-19(26)23(18)12-17(24)22(14-6-7-14)11-16-3-2-10-27-16/h2-5,8-10,14H,6-7,11-12H2,1H3,(H,21,26). The molecule has 1 aliphatic rings. The normalized spacial score (nSPS) is 13.5. The molecule has 0 unspecified atom stereocenters.